The number of carbonyl (C=O) groups is 2. The zero-order chi connectivity index (χ0) is 18.5. The Morgan fingerprint density at radius 2 is 1.77 bits per heavy atom. The highest BCUT2D eigenvalue weighted by Crippen LogP contribution is 2.21. The number of benzene rings is 2. The average Bonchev–Trinajstić information content (AvgIpc) is 3.08. The van der Waals surface area contributed by atoms with E-state index in [0.29, 0.717) is 21.7 Å². The first-order valence-corrected chi connectivity index (χ1v) is 8.37. The number of halogens is 1. The summed E-state index contributed by atoms with van der Waals surface area (Å²) in [7, 11) is 1.53. The lowest BCUT2D eigenvalue weighted by Crippen LogP contribution is -2.12. The van der Waals surface area contributed by atoms with Crippen molar-refractivity contribution in [2.75, 3.05) is 12.4 Å². The quantitative estimate of drug-likeness (QED) is 0.489. The van der Waals surface area contributed by atoms with Gasteiger partial charge in [0, 0.05) is 17.3 Å². The van der Waals surface area contributed by atoms with Gasteiger partial charge in [0.05, 0.1) is 7.11 Å². The molecule has 0 saturated carbocycles. The molecule has 0 fully saturated rings. The van der Waals surface area contributed by atoms with Gasteiger partial charge in [-0.15, -0.1) is 0 Å². The van der Waals surface area contributed by atoms with Crippen molar-refractivity contribution in [3.8, 4) is 11.5 Å². The maximum atomic E-state index is 12.3. The van der Waals surface area contributed by atoms with Crippen LogP contribution in [0.4, 0.5) is 5.69 Å². The number of furan rings is 1. The van der Waals surface area contributed by atoms with Gasteiger partial charge in [-0.1, -0.05) is 12.1 Å². The van der Waals surface area contributed by atoms with E-state index in [9.17, 15) is 9.59 Å². The van der Waals surface area contributed by atoms with E-state index in [4.69, 9.17) is 13.9 Å². The van der Waals surface area contributed by atoms with Gasteiger partial charge >= 0.3 is 5.97 Å². The minimum atomic E-state index is -0.632. The number of methoxy groups -OCH3 is 1. The fourth-order valence-corrected chi connectivity index (χ4v) is 2.49. The van der Waals surface area contributed by atoms with Gasteiger partial charge in [-0.25, -0.2) is 4.79 Å². The monoisotopic (exact) mass is 415 g/mol. The summed E-state index contributed by atoms with van der Waals surface area (Å²) in [6.45, 7) is 0. The SMILES string of the molecule is COc1cccc(C(=O)Nc2cccc(OC(=O)c3ccc(Br)o3)c2)c1. The van der Waals surface area contributed by atoms with E-state index >= 15 is 0 Å². The van der Waals surface area contributed by atoms with Crippen molar-refractivity contribution in [3.63, 3.8) is 0 Å². The van der Waals surface area contributed by atoms with Crippen molar-refractivity contribution in [3.05, 3.63) is 76.7 Å². The van der Waals surface area contributed by atoms with Gasteiger partial charge in [-0.3, -0.25) is 4.79 Å². The molecule has 1 N–H and O–H groups in total. The molecule has 1 amide bonds. The molecule has 3 aromatic rings. The van der Waals surface area contributed by atoms with Crippen LogP contribution in [0.5, 0.6) is 11.5 Å². The van der Waals surface area contributed by atoms with E-state index in [1.54, 1.807) is 54.6 Å². The Labute approximate surface area is 157 Å². The molecule has 2 aromatic carbocycles. The highest BCUT2D eigenvalue weighted by atomic mass is 79.9. The third kappa shape index (κ3) is 4.31. The molecule has 132 valence electrons. The van der Waals surface area contributed by atoms with E-state index in [0.717, 1.165) is 0 Å². The highest BCUT2D eigenvalue weighted by molar-refractivity contribution is 9.10. The Morgan fingerprint density at radius 3 is 2.50 bits per heavy atom. The molecule has 1 heterocycles. The lowest BCUT2D eigenvalue weighted by molar-refractivity contribution is 0.0700. The Bertz CT molecular complexity index is 950. The van der Waals surface area contributed by atoms with Gasteiger partial charge in [-0.2, -0.15) is 0 Å². The molecule has 1 aromatic heterocycles. The maximum Gasteiger partial charge on any atom is 0.379 e. The topological polar surface area (TPSA) is 77.8 Å². The number of amides is 1. The number of ether oxygens (including phenoxy) is 2. The molecule has 0 bridgehead atoms. The first kappa shape index (κ1) is 17.8. The van der Waals surface area contributed by atoms with Crippen molar-refractivity contribution < 1.29 is 23.5 Å². The molecule has 0 unspecified atom stereocenters. The van der Waals surface area contributed by atoms with Gasteiger partial charge in [0.15, 0.2) is 4.67 Å². The summed E-state index contributed by atoms with van der Waals surface area (Å²) in [6, 6.07) is 16.4. The minimum Gasteiger partial charge on any atom is -0.497 e. The molecule has 0 saturated heterocycles. The second-order valence-electron chi connectivity index (χ2n) is 5.21. The van der Waals surface area contributed by atoms with Gasteiger partial charge in [0.25, 0.3) is 5.91 Å². The summed E-state index contributed by atoms with van der Waals surface area (Å²) in [6.07, 6.45) is 0. The number of hydrogen-bond donors (Lipinski definition) is 1. The summed E-state index contributed by atoms with van der Waals surface area (Å²) >= 11 is 3.13. The Kier molecular flexibility index (Phi) is 5.38. The molecule has 3 rings (SSSR count). The summed E-state index contributed by atoms with van der Waals surface area (Å²) in [5.74, 6) is 0.00733. The first-order valence-electron chi connectivity index (χ1n) is 7.58. The van der Waals surface area contributed by atoms with Crippen LogP contribution in [-0.2, 0) is 0 Å². The van der Waals surface area contributed by atoms with Gasteiger partial charge in [-0.05, 0) is 58.4 Å². The van der Waals surface area contributed by atoms with Crippen LogP contribution >= 0.6 is 15.9 Å². The molecular formula is C19H14BrNO5. The van der Waals surface area contributed by atoms with Crippen LogP contribution in [0.1, 0.15) is 20.9 Å². The summed E-state index contributed by atoms with van der Waals surface area (Å²) in [5.41, 5.74) is 0.941. The number of anilines is 1. The molecule has 26 heavy (non-hydrogen) atoms. The predicted octanol–water partition coefficient (Wildman–Crippen LogP) is 4.52. The molecule has 0 radical (unpaired) electrons. The van der Waals surface area contributed by atoms with Crippen LogP contribution < -0.4 is 14.8 Å². The summed E-state index contributed by atoms with van der Waals surface area (Å²) in [4.78, 5) is 24.4. The number of hydrogen-bond acceptors (Lipinski definition) is 5. The number of rotatable bonds is 5. The highest BCUT2D eigenvalue weighted by Gasteiger charge is 2.14. The largest absolute Gasteiger partial charge is 0.497 e. The molecule has 0 spiro atoms. The van der Waals surface area contributed by atoms with E-state index in [1.165, 1.54) is 13.2 Å². The predicted molar refractivity (Wildman–Crippen MR) is 98.8 cm³/mol. The molecular weight excluding hydrogens is 402 g/mol. The lowest BCUT2D eigenvalue weighted by Gasteiger charge is -2.08. The first-order chi connectivity index (χ1) is 12.5. The van der Waals surface area contributed by atoms with E-state index in [2.05, 4.69) is 21.2 Å². The molecule has 7 heteroatoms. The number of esters is 1. The van der Waals surface area contributed by atoms with Crippen LogP contribution in [0.3, 0.4) is 0 Å². The van der Waals surface area contributed by atoms with Gasteiger partial charge < -0.3 is 19.2 Å². The van der Waals surface area contributed by atoms with Crippen LogP contribution in [0.15, 0.2) is 69.8 Å². The third-order valence-electron chi connectivity index (χ3n) is 3.41. The fraction of sp³-hybridized carbons (Fsp3) is 0.0526. The Morgan fingerprint density at radius 1 is 1.00 bits per heavy atom. The maximum absolute atomic E-state index is 12.3. The smallest absolute Gasteiger partial charge is 0.379 e. The Hall–Kier alpha value is -3.06. The van der Waals surface area contributed by atoms with E-state index in [1.807, 2.05) is 0 Å². The second kappa shape index (κ2) is 7.88. The molecule has 0 aliphatic carbocycles. The molecule has 0 atom stereocenters. The molecule has 0 aliphatic rings. The van der Waals surface area contributed by atoms with Crippen molar-refractivity contribution in [1.29, 1.82) is 0 Å². The van der Waals surface area contributed by atoms with Crippen molar-refractivity contribution in [2.24, 2.45) is 0 Å². The zero-order valence-electron chi connectivity index (χ0n) is 13.7. The standard InChI is InChI=1S/C19H14BrNO5/c1-24-14-6-2-4-12(10-14)18(22)21-13-5-3-7-15(11-13)25-19(23)16-8-9-17(20)26-16/h2-11H,1H3,(H,21,22). The third-order valence-corrected chi connectivity index (χ3v) is 3.83. The van der Waals surface area contributed by atoms with E-state index in [-0.39, 0.29) is 17.4 Å². The van der Waals surface area contributed by atoms with E-state index < -0.39 is 5.97 Å². The molecule has 0 aliphatic heterocycles. The number of nitrogens with one attached hydrogen (secondary N) is 1. The van der Waals surface area contributed by atoms with Crippen LogP contribution in [-0.4, -0.2) is 19.0 Å². The van der Waals surface area contributed by atoms with Crippen LogP contribution in [0, 0.1) is 0 Å². The minimum absolute atomic E-state index is 0.0719. The average molecular weight is 416 g/mol. The summed E-state index contributed by atoms with van der Waals surface area (Å²) < 4.78 is 16.0. The second-order valence-corrected chi connectivity index (χ2v) is 5.99. The zero-order valence-corrected chi connectivity index (χ0v) is 15.3. The van der Waals surface area contributed by atoms with Gasteiger partial charge in [0.2, 0.25) is 5.76 Å². The number of carbonyl (C=O) groups excluding carboxylic acids is 2. The summed E-state index contributed by atoms with van der Waals surface area (Å²) in [5, 5.41) is 2.75. The normalized spacial score (nSPS) is 10.2. The van der Waals surface area contributed by atoms with Crippen LogP contribution in [0.25, 0.3) is 0 Å². The lowest BCUT2D eigenvalue weighted by atomic mass is 10.2. The van der Waals surface area contributed by atoms with Crippen molar-refractivity contribution in [2.45, 2.75) is 0 Å². The van der Waals surface area contributed by atoms with Gasteiger partial charge in [0.1, 0.15) is 11.5 Å². The van der Waals surface area contributed by atoms with Crippen LogP contribution in [0.2, 0.25) is 0 Å². The van der Waals surface area contributed by atoms with Crippen molar-refractivity contribution in [1.82, 2.24) is 0 Å². The Balaban J connectivity index is 1.70. The fourth-order valence-electron chi connectivity index (χ4n) is 2.19. The molecule has 6 nitrogen and oxygen atoms in total. The van der Waals surface area contributed by atoms with Crippen molar-refractivity contribution >= 4 is 33.5 Å².